The summed E-state index contributed by atoms with van der Waals surface area (Å²) in [6.07, 6.45) is 2.86. The lowest BCUT2D eigenvalue weighted by atomic mass is 10.1. The quantitative estimate of drug-likeness (QED) is 0.449. The van der Waals surface area contributed by atoms with Gasteiger partial charge < -0.3 is 14.2 Å². The smallest absolute Gasteiger partial charge is 0.332 e. The van der Waals surface area contributed by atoms with E-state index in [-0.39, 0.29) is 29.7 Å². The van der Waals surface area contributed by atoms with Crippen LogP contribution in [0, 0.1) is 6.92 Å². The molecule has 1 aromatic carbocycles. The Morgan fingerprint density at radius 1 is 1.18 bits per heavy atom. The Morgan fingerprint density at radius 2 is 1.94 bits per heavy atom. The number of fused-ring (bicyclic) bond motifs is 2. The molecule has 1 amide bonds. The van der Waals surface area contributed by atoms with Crippen molar-refractivity contribution in [2.75, 3.05) is 13.1 Å². The summed E-state index contributed by atoms with van der Waals surface area (Å²) in [6.45, 7) is 3.16. The molecular formula is C22H24N6O4S. The summed E-state index contributed by atoms with van der Waals surface area (Å²) in [5.41, 5.74) is 1.71. The average Bonchev–Trinajstić information content (AvgIpc) is 3.41. The predicted molar refractivity (Wildman–Crippen MR) is 125 cm³/mol. The van der Waals surface area contributed by atoms with Gasteiger partial charge in [-0.05, 0) is 18.6 Å². The largest absolute Gasteiger partial charge is 0.467 e. The number of likely N-dealkylation sites (tertiary alicyclic amines) is 1. The fourth-order valence-electron chi connectivity index (χ4n) is 4.24. The zero-order chi connectivity index (χ0) is 23.3. The van der Waals surface area contributed by atoms with Crippen molar-refractivity contribution in [3.63, 3.8) is 0 Å². The molecule has 3 aromatic heterocycles. The number of aromatic nitrogens is 5. The third kappa shape index (κ3) is 3.71. The van der Waals surface area contributed by atoms with E-state index in [2.05, 4.69) is 9.97 Å². The zero-order valence-corrected chi connectivity index (χ0v) is 19.5. The predicted octanol–water partition coefficient (Wildman–Crippen LogP) is 1.42. The van der Waals surface area contributed by atoms with Crippen LogP contribution >= 0.6 is 11.3 Å². The van der Waals surface area contributed by atoms with Crippen LogP contribution in [0.15, 0.2) is 34.1 Å². The number of carbonyl (C=O) groups is 1. The number of imidazole rings is 1. The van der Waals surface area contributed by atoms with E-state index in [4.69, 9.17) is 4.74 Å². The Kier molecular flexibility index (Phi) is 5.28. The highest BCUT2D eigenvalue weighted by Crippen LogP contribution is 2.31. The number of benzene rings is 1. The summed E-state index contributed by atoms with van der Waals surface area (Å²) in [5.74, 6) is -0.0979. The first-order valence-corrected chi connectivity index (χ1v) is 11.6. The lowest BCUT2D eigenvalue weighted by Gasteiger charge is -2.31. The van der Waals surface area contributed by atoms with E-state index in [0.717, 1.165) is 20.3 Å². The molecule has 1 aliphatic heterocycles. The molecule has 0 atom stereocenters. The first-order valence-electron chi connectivity index (χ1n) is 10.7. The highest BCUT2D eigenvalue weighted by Gasteiger charge is 2.26. The van der Waals surface area contributed by atoms with Crippen LogP contribution in [-0.2, 0) is 25.4 Å². The van der Waals surface area contributed by atoms with Gasteiger partial charge in [0.2, 0.25) is 5.91 Å². The summed E-state index contributed by atoms with van der Waals surface area (Å²) in [5, 5.41) is 0.662. The molecule has 4 heterocycles. The van der Waals surface area contributed by atoms with Crippen LogP contribution in [0.4, 0.5) is 0 Å². The molecule has 0 N–H and O–H groups in total. The van der Waals surface area contributed by atoms with E-state index in [9.17, 15) is 14.4 Å². The van der Waals surface area contributed by atoms with E-state index in [0.29, 0.717) is 31.1 Å². The number of nitrogens with zero attached hydrogens (tertiary/aromatic N) is 6. The number of ether oxygens (including phenoxy) is 1. The molecule has 0 bridgehead atoms. The maximum atomic E-state index is 12.9. The average molecular weight is 469 g/mol. The second-order valence-corrected chi connectivity index (χ2v) is 9.34. The van der Waals surface area contributed by atoms with Crippen LogP contribution < -0.4 is 16.0 Å². The van der Waals surface area contributed by atoms with Crippen molar-refractivity contribution >= 4 is 38.6 Å². The van der Waals surface area contributed by atoms with Gasteiger partial charge in [0, 0.05) is 40.0 Å². The molecule has 0 unspecified atom stereocenters. The standard InChI is InChI=1S/C22H24N6O4S/c1-13-5-4-6-15-17(13)24-21(33-15)32-14-7-9-27(10-8-14)16(29)11-28-12-23-19-18(28)20(30)26(3)22(31)25(19)2/h4-6,12,14H,7-11H2,1-3H3. The fraction of sp³-hybridized carbons (Fsp3) is 0.409. The number of amides is 1. The van der Waals surface area contributed by atoms with Crippen LogP contribution in [0.3, 0.4) is 0 Å². The minimum atomic E-state index is -0.462. The molecule has 4 aromatic rings. The number of thiazole rings is 1. The molecule has 0 spiro atoms. The van der Waals surface area contributed by atoms with Crippen molar-refractivity contribution < 1.29 is 9.53 Å². The van der Waals surface area contributed by atoms with Gasteiger partial charge in [0.05, 0.1) is 16.5 Å². The van der Waals surface area contributed by atoms with Gasteiger partial charge >= 0.3 is 5.69 Å². The Morgan fingerprint density at radius 3 is 2.67 bits per heavy atom. The summed E-state index contributed by atoms with van der Waals surface area (Å²) in [6, 6.07) is 6.09. The number of carbonyl (C=O) groups excluding carboxylic acids is 1. The Labute approximate surface area is 192 Å². The molecule has 1 aliphatic rings. The van der Waals surface area contributed by atoms with Crippen LogP contribution in [0.1, 0.15) is 18.4 Å². The molecule has 5 rings (SSSR count). The second-order valence-electron chi connectivity index (χ2n) is 8.35. The molecule has 1 saturated heterocycles. The van der Waals surface area contributed by atoms with Crippen molar-refractivity contribution in [3.8, 4) is 5.19 Å². The van der Waals surface area contributed by atoms with Crippen molar-refractivity contribution in [2.24, 2.45) is 14.1 Å². The Hall–Kier alpha value is -3.47. The summed E-state index contributed by atoms with van der Waals surface area (Å²) >= 11 is 1.54. The van der Waals surface area contributed by atoms with E-state index < -0.39 is 11.2 Å². The number of aryl methyl sites for hydroxylation is 2. The summed E-state index contributed by atoms with van der Waals surface area (Å²) in [7, 11) is 2.97. The first-order chi connectivity index (χ1) is 15.8. The fourth-order valence-corrected chi connectivity index (χ4v) is 5.20. The molecule has 1 fully saturated rings. The SMILES string of the molecule is Cc1cccc2sc(OC3CCN(C(=O)Cn4cnc5c4c(=O)n(C)c(=O)n5C)CC3)nc12. The van der Waals surface area contributed by atoms with E-state index >= 15 is 0 Å². The maximum Gasteiger partial charge on any atom is 0.332 e. The van der Waals surface area contributed by atoms with Gasteiger partial charge in [0.25, 0.3) is 10.8 Å². The molecule has 33 heavy (non-hydrogen) atoms. The number of hydrogen-bond donors (Lipinski definition) is 0. The molecular weight excluding hydrogens is 444 g/mol. The molecule has 0 saturated carbocycles. The Balaban J connectivity index is 1.25. The van der Waals surface area contributed by atoms with Crippen molar-refractivity contribution in [1.29, 1.82) is 0 Å². The van der Waals surface area contributed by atoms with Crippen LogP contribution in [0.5, 0.6) is 5.19 Å². The lowest BCUT2D eigenvalue weighted by molar-refractivity contribution is -0.133. The van der Waals surface area contributed by atoms with Crippen LogP contribution in [-0.4, -0.2) is 53.7 Å². The molecule has 10 nitrogen and oxygen atoms in total. The lowest BCUT2D eigenvalue weighted by Crippen LogP contribution is -2.43. The zero-order valence-electron chi connectivity index (χ0n) is 18.6. The number of hydrogen-bond acceptors (Lipinski definition) is 7. The van der Waals surface area contributed by atoms with Gasteiger partial charge in [-0.3, -0.25) is 18.7 Å². The van der Waals surface area contributed by atoms with Gasteiger partial charge in [-0.25, -0.2) is 14.8 Å². The topological polar surface area (TPSA) is 104 Å². The van der Waals surface area contributed by atoms with Crippen LogP contribution in [0.2, 0.25) is 0 Å². The summed E-state index contributed by atoms with van der Waals surface area (Å²) < 4.78 is 11.1. The molecule has 0 radical (unpaired) electrons. The highest BCUT2D eigenvalue weighted by atomic mass is 32.1. The highest BCUT2D eigenvalue weighted by molar-refractivity contribution is 7.20. The van der Waals surface area contributed by atoms with Gasteiger partial charge in [-0.15, -0.1) is 0 Å². The minimum Gasteiger partial charge on any atom is -0.467 e. The normalized spacial score (nSPS) is 14.9. The van der Waals surface area contributed by atoms with E-state index in [1.165, 1.54) is 22.5 Å². The third-order valence-electron chi connectivity index (χ3n) is 6.19. The molecule has 172 valence electrons. The van der Waals surface area contributed by atoms with Gasteiger partial charge in [0.15, 0.2) is 11.2 Å². The van der Waals surface area contributed by atoms with E-state index in [1.54, 1.807) is 23.3 Å². The van der Waals surface area contributed by atoms with Crippen molar-refractivity contribution in [2.45, 2.75) is 32.4 Å². The maximum absolute atomic E-state index is 12.9. The summed E-state index contributed by atoms with van der Waals surface area (Å²) in [4.78, 5) is 48.2. The first kappa shape index (κ1) is 21.4. The van der Waals surface area contributed by atoms with Gasteiger partial charge in [-0.1, -0.05) is 23.5 Å². The molecule has 0 aliphatic carbocycles. The molecule has 11 heteroatoms. The Bertz CT molecular complexity index is 1490. The van der Waals surface area contributed by atoms with Gasteiger partial charge in [0.1, 0.15) is 12.6 Å². The van der Waals surface area contributed by atoms with Crippen LogP contribution in [0.25, 0.3) is 21.4 Å². The van der Waals surface area contributed by atoms with Crippen molar-refractivity contribution in [1.82, 2.24) is 28.6 Å². The number of rotatable bonds is 4. The van der Waals surface area contributed by atoms with E-state index in [1.807, 2.05) is 25.1 Å². The third-order valence-corrected chi connectivity index (χ3v) is 7.10. The number of piperidine rings is 1. The minimum absolute atomic E-state index is 0.00538. The van der Waals surface area contributed by atoms with Crippen molar-refractivity contribution in [3.05, 3.63) is 50.9 Å². The van der Waals surface area contributed by atoms with Gasteiger partial charge in [-0.2, -0.15) is 0 Å². The monoisotopic (exact) mass is 468 g/mol. The second kappa shape index (κ2) is 8.14. The number of para-hydroxylation sites is 1.